The quantitative estimate of drug-likeness (QED) is 0.327. The van der Waals surface area contributed by atoms with Gasteiger partial charge in [0.15, 0.2) is 9.75 Å². The van der Waals surface area contributed by atoms with Gasteiger partial charge in [-0.05, 0) is 6.42 Å². The fraction of sp³-hybridized carbons (Fsp3) is 0.750. The Morgan fingerprint density at radius 3 is 2.20 bits per heavy atom. The van der Waals surface area contributed by atoms with E-state index < -0.39 is 39.0 Å². The molecule has 0 aromatic heterocycles. The van der Waals surface area contributed by atoms with E-state index in [9.17, 15) is 14.4 Å². The first-order valence-corrected chi connectivity index (χ1v) is 6.67. The third kappa shape index (κ3) is 1.51. The number of Topliss-reactive ketones (excluding diaryl/α,β-unsaturated/α-hetero) is 2. The molecule has 0 spiro atoms. The van der Waals surface area contributed by atoms with Crippen molar-refractivity contribution in [3.63, 3.8) is 0 Å². The van der Waals surface area contributed by atoms with Crippen LogP contribution in [0.1, 0.15) is 13.3 Å². The van der Waals surface area contributed by atoms with Gasteiger partial charge in [0, 0.05) is 27.1 Å². The average Bonchev–Trinajstić information content (AvgIpc) is 2.67. The number of ether oxygens (including phenoxy) is 3. The monoisotopic (exact) mass is 324 g/mol. The van der Waals surface area contributed by atoms with Gasteiger partial charge in [-0.1, -0.05) is 0 Å². The molecule has 3 atom stereocenters. The van der Waals surface area contributed by atoms with E-state index in [2.05, 4.69) is 0 Å². The van der Waals surface area contributed by atoms with Gasteiger partial charge in [0.2, 0.25) is 17.4 Å². The van der Waals surface area contributed by atoms with Crippen LogP contribution in [0.3, 0.4) is 0 Å². The Labute approximate surface area is 125 Å². The Kier molecular flexibility index (Phi) is 3.66. The summed E-state index contributed by atoms with van der Waals surface area (Å²) < 4.78 is 15.4. The average molecular weight is 325 g/mol. The number of halogens is 2. The zero-order valence-electron chi connectivity index (χ0n) is 11.2. The maximum Gasteiger partial charge on any atom is 0.302 e. The predicted molar refractivity (Wildman–Crippen MR) is 68.7 cm³/mol. The number of hydrogen-bond donors (Lipinski definition) is 0. The third-order valence-electron chi connectivity index (χ3n) is 4.05. The van der Waals surface area contributed by atoms with Crippen LogP contribution in [0.15, 0.2) is 0 Å². The molecule has 0 amide bonds. The number of methoxy groups -OCH3 is 2. The molecule has 2 fully saturated rings. The molecule has 2 aliphatic rings. The molecule has 6 nitrogen and oxygen atoms in total. The van der Waals surface area contributed by atoms with Gasteiger partial charge in [0.05, 0.1) is 6.61 Å². The van der Waals surface area contributed by atoms with Crippen molar-refractivity contribution >= 4 is 40.7 Å². The molecule has 0 saturated heterocycles. The zero-order chi connectivity index (χ0) is 15.3. The van der Waals surface area contributed by atoms with Crippen molar-refractivity contribution in [2.24, 2.45) is 5.92 Å². The molecule has 2 bridgehead atoms. The minimum Gasteiger partial charge on any atom is -0.465 e. The van der Waals surface area contributed by atoms with Crippen LogP contribution in [0.5, 0.6) is 0 Å². The maximum atomic E-state index is 12.2. The van der Waals surface area contributed by atoms with Crippen LogP contribution in [0.4, 0.5) is 0 Å². The van der Waals surface area contributed by atoms with Gasteiger partial charge in [-0.15, -0.1) is 23.2 Å². The highest BCUT2D eigenvalue weighted by molar-refractivity contribution is 6.65. The van der Waals surface area contributed by atoms with Gasteiger partial charge in [-0.3, -0.25) is 14.4 Å². The van der Waals surface area contributed by atoms with E-state index in [4.69, 9.17) is 37.4 Å². The van der Waals surface area contributed by atoms with Crippen molar-refractivity contribution in [3.8, 4) is 0 Å². The second-order valence-electron chi connectivity index (χ2n) is 4.90. The number of carbonyl (C=O) groups excluding carboxylic acids is 3. The van der Waals surface area contributed by atoms with Crippen molar-refractivity contribution in [1.82, 2.24) is 0 Å². The third-order valence-corrected chi connectivity index (χ3v) is 5.35. The number of fused-ring (bicyclic) bond motifs is 2. The van der Waals surface area contributed by atoms with Crippen LogP contribution in [0.25, 0.3) is 0 Å². The van der Waals surface area contributed by atoms with Gasteiger partial charge in [-0.2, -0.15) is 0 Å². The molecule has 112 valence electrons. The summed E-state index contributed by atoms with van der Waals surface area (Å²) in [6.45, 7) is 1.10. The summed E-state index contributed by atoms with van der Waals surface area (Å²) >= 11 is 12.7. The van der Waals surface area contributed by atoms with E-state index in [1.807, 2.05) is 0 Å². The van der Waals surface area contributed by atoms with Crippen molar-refractivity contribution in [3.05, 3.63) is 0 Å². The molecule has 0 heterocycles. The van der Waals surface area contributed by atoms with Crippen LogP contribution in [0.2, 0.25) is 0 Å². The molecule has 0 aromatic rings. The van der Waals surface area contributed by atoms with Crippen molar-refractivity contribution in [1.29, 1.82) is 0 Å². The number of hydrogen-bond acceptors (Lipinski definition) is 6. The lowest BCUT2D eigenvalue weighted by molar-refractivity contribution is -0.221. The van der Waals surface area contributed by atoms with E-state index in [0.717, 1.165) is 0 Å². The summed E-state index contributed by atoms with van der Waals surface area (Å²) in [5.74, 6) is -4.67. The molecule has 0 aromatic carbocycles. The number of carbonyl (C=O) groups is 3. The lowest BCUT2D eigenvalue weighted by Crippen LogP contribution is -2.57. The molecule has 0 unspecified atom stereocenters. The van der Waals surface area contributed by atoms with Gasteiger partial charge in [0.1, 0.15) is 0 Å². The lowest BCUT2D eigenvalue weighted by Gasteiger charge is -2.38. The van der Waals surface area contributed by atoms with Gasteiger partial charge >= 0.3 is 5.97 Å². The first-order chi connectivity index (χ1) is 9.21. The SMILES string of the molecule is COC1(OC)[C@@]2(Cl)C[C@H](COC(C)=O)[C@]1(Cl)C(=O)C2=O. The Bertz CT molecular complexity index is 488. The Balaban J connectivity index is 2.49. The molecule has 0 radical (unpaired) electrons. The molecule has 2 saturated carbocycles. The Morgan fingerprint density at radius 2 is 1.80 bits per heavy atom. The first-order valence-electron chi connectivity index (χ1n) is 5.92. The largest absolute Gasteiger partial charge is 0.465 e. The van der Waals surface area contributed by atoms with Gasteiger partial charge in [-0.25, -0.2) is 0 Å². The molecule has 8 heteroatoms. The molecule has 2 rings (SSSR count). The molecule has 2 aliphatic carbocycles. The summed E-state index contributed by atoms with van der Waals surface area (Å²) in [7, 11) is 2.52. The van der Waals surface area contributed by atoms with E-state index >= 15 is 0 Å². The van der Waals surface area contributed by atoms with Crippen LogP contribution in [0, 0.1) is 5.92 Å². The maximum absolute atomic E-state index is 12.2. The fourth-order valence-corrected chi connectivity index (χ4v) is 4.35. The lowest BCUT2D eigenvalue weighted by atomic mass is 9.86. The van der Waals surface area contributed by atoms with Crippen LogP contribution < -0.4 is 0 Å². The molecular formula is C12H14Cl2O6. The van der Waals surface area contributed by atoms with E-state index in [-0.39, 0.29) is 13.0 Å². The summed E-state index contributed by atoms with van der Waals surface area (Å²) in [4.78, 5) is 31.7. The van der Waals surface area contributed by atoms with E-state index in [1.54, 1.807) is 0 Å². The number of alkyl halides is 2. The van der Waals surface area contributed by atoms with Crippen molar-refractivity contribution < 1.29 is 28.6 Å². The standard InChI is InChI=1S/C12H14Cl2O6/c1-6(15)20-5-7-4-10(13)8(16)9(17)11(7,14)12(10,18-2)19-3/h7H,4-5H2,1-3H3/t7-,10-,11+/m1/s1. The van der Waals surface area contributed by atoms with Crippen LogP contribution in [-0.4, -0.2) is 53.9 Å². The summed E-state index contributed by atoms with van der Waals surface area (Å²) in [6, 6.07) is 0. The second kappa shape index (κ2) is 4.66. The minimum absolute atomic E-state index is 0.0254. The zero-order valence-corrected chi connectivity index (χ0v) is 12.7. The number of esters is 1. The van der Waals surface area contributed by atoms with Crippen molar-refractivity contribution in [2.75, 3.05) is 20.8 Å². The smallest absolute Gasteiger partial charge is 0.302 e. The minimum atomic E-state index is -1.80. The first kappa shape index (κ1) is 15.7. The highest BCUT2D eigenvalue weighted by Crippen LogP contribution is 2.64. The van der Waals surface area contributed by atoms with Crippen LogP contribution in [-0.2, 0) is 28.6 Å². The van der Waals surface area contributed by atoms with E-state index in [0.29, 0.717) is 0 Å². The normalized spacial score (nSPS) is 38.4. The summed E-state index contributed by atoms with van der Waals surface area (Å²) in [5.41, 5.74) is 0. The number of ketones is 2. The Morgan fingerprint density at radius 1 is 1.25 bits per heavy atom. The molecular weight excluding hydrogens is 311 g/mol. The summed E-state index contributed by atoms with van der Waals surface area (Å²) in [5, 5.41) is 0. The topological polar surface area (TPSA) is 78.9 Å². The predicted octanol–water partition coefficient (Wildman–Crippen LogP) is 0.665. The highest BCUT2D eigenvalue weighted by atomic mass is 35.5. The highest BCUT2D eigenvalue weighted by Gasteiger charge is 2.86. The van der Waals surface area contributed by atoms with Gasteiger partial charge < -0.3 is 14.2 Å². The number of rotatable bonds is 4. The summed E-state index contributed by atoms with van der Waals surface area (Å²) in [6.07, 6.45) is 0.0254. The van der Waals surface area contributed by atoms with Gasteiger partial charge in [0.25, 0.3) is 0 Å². The molecule has 20 heavy (non-hydrogen) atoms. The van der Waals surface area contributed by atoms with Crippen molar-refractivity contribution in [2.45, 2.75) is 28.9 Å². The molecule has 0 aliphatic heterocycles. The fourth-order valence-electron chi connectivity index (χ4n) is 3.19. The molecule has 0 N–H and O–H groups in total. The van der Waals surface area contributed by atoms with Crippen LogP contribution >= 0.6 is 23.2 Å². The van der Waals surface area contributed by atoms with E-state index in [1.165, 1.54) is 21.1 Å². The Hall–Kier alpha value is -0.690. The second-order valence-corrected chi connectivity index (χ2v) is 6.14.